The molecule has 0 fully saturated rings. The Bertz CT molecular complexity index is 8320. The summed E-state index contributed by atoms with van der Waals surface area (Å²) in [5.74, 6) is 0. The van der Waals surface area contributed by atoms with Gasteiger partial charge in [-0.2, -0.15) is 0 Å². The Labute approximate surface area is 713 Å². The normalized spacial score (nSPS) is 11.9. The van der Waals surface area contributed by atoms with Crippen LogP contribution in [0.5, 0.6) is 0 Å². The fourth-order valence-corrected chi connectivity index (χ4v) is 22.6. The Morgan fingerprint density at radius 1 is 0.156 bits per heavy atom. The van der Waals surface area contributed by atoms with E-state index in [9.17, 15) is 0 Å². The summed E-state index contributed by atoms with van der Waals surface area (Å²) >= 11 is 5.58. The molecule has 5 nitrogen and oxygen atoms in total. The van der Waals surface area contributed by atoms with Gasteiger partial charge in [-0.15, -0.1) is 34.0 Å². The maximum absolute atomic E-state index is 6.81. The molecule has 570 valence electrons. The zero-order valence-corrected chi connectivity index (χ0v) is 68.1. The van der Waals surface area contributed by atoms with Gasteiger partial charge in [0, 0.05) is 127 Å². The van der Waals surface area contributed by atoms with Crippen molar-refractivity contribution in [3.05, 3.63) is 413 Å². The van der Waals surface area contributed by atoms with Crippen LogP contribution in [0.1, 0.15) is 0 Å². The van der Waals surface area contributed by atoms with Crippen molar-refractivity contribution in [2.75, 3.05) is 9.80 Å². The summed E-state index contributed by atoms with van der Waals surface area (Å²) in [6.07, 6.45) is 0. The summed E-state index contributed by atoms with van der Waals surface area (Å²) in [6, 6.07) is 151. The van der Waals surface area contributed by atoms with Crippen LogP contribution in [0.3, 0.4) is 0 Å². The van der Waals surface area contributed by atoms with Gasteiger partial charge in [-0.25, -0.2) is 0 Å². The van der Waals surface area contributed by atoms with Gasteiger partial charge in [-0.3, -0.25) is 0 Å². The first kappa shape index (κ1) is 69.9. The average Bonchev–Trinajstić information content (AvgIpc) is 1.53. The van der Waals surface area contributed by atoms with Crippen molar-refractivity contribution >= 4 is 194 Å². The van der Waals surface area contributed by atoms with Crippen LogP contribution in [0.15, 0.2) is 426 Å². The van der Waals surface area contributed by atoms with Crippen LogP contribution in [-0.4, -0.2) is 0 Å². The number of thiophene rings is 3. The minimum atomic E-state index is 0.860. The van der Waals surface area contributed by atoms with E-state index in [-0.39, 0.29) is 0 Å². The lowest BCUT2D eigenvalue weighted by atomic mass is 9.94. The molecule has 0 amide bonds. The molecule has 0 bridgehead atoms. The summed E-state index contributed by atoms with van der Waals surface area (Å²) in [4.78, 5) is 4.75. The first-order valence-corrected chi connectivity index (χ1v) is 43.7. The molecule has 0 saturated heterocycles. The molecule has 19 aromatic carbocycles. The zero-order chi connectivity index (χ0) is 80.0. The lowest BCUT2D eigenvalue weighted by Gasteiger charge is -2.26. The summed E-state index contributed by atoms with van der Waals surface area (Å²) in [6.45, 7) is 0. The third-order valence-corrected chi connectivity index (χ3v) is 28.3. The Morgan fingerprint density at radius 2 is 0.484 bits per heavy atom. The third-order valence-electron chi connectivity index (χ3n) is 24.8. The van der Waals surface area contributed by atoms with Crippen molar-refractivity contribution in [3.8, 4) is 89.0 Å². The highest BCUT2D eigenvalue weighted by Gasteiger charge is 2.24. The van der Waals surface area contributed by atoms with Gasteiger partial charge >= 0.3 is 0 Å². The number of furan rings is 3. The maximum Gasteiger partial charge on any atom is 0.136 e. The summed E-state index contributed by atoms with van der Waals surface area (Å²) in [7, 11) is 0. The van der Waals surface area contributed by atoms with Gasteiger partial charge in [0.25, 0.3) is 0 Å². The van der Waals surface area contributed by atoms with E-state index in [0.29, 0.717) is 0 Å². The molecule has 0 aliphatic rings. The molecule has 0 radical (unpaired) electrons. The van der Waals surface area contributed by atoms with Crippen molar-refractivity contribution in [2.24, 2.45) is 0 Å². The fraction of sp³-hybridized carbons (Fsp3) is 0. The van der Waals surface area contributed by atoms with Crippen LogP contribution >= 0.6 is 34.0 Å². The highest BCUT2D eigenvalue weighted by Crippen LogP contribution is 2.51. The van der Waals surface area contributed by atoms with Gasteiger partial charge in [0.05, 0.1) is 0 Å². The topological polar surface area (TPSA) is 45.9 Å². The lowest BCUT2D eigenvalue weighted by molar-refractivity contribution is 0.668. The second-order valence-electron chi connectivity index (χ2n) is 31.6. The number of hydrogen-bond donors (Lipinski definition) is 0. The quantitative estimate of drug-likeness (QED) is 0.109. The third kappa shape index (κ3) is 11.6. The van der Waals surface area contributed by atoms with Crippen molar-refractivity contribution in [1.29, 1.82) is 0 Å². The predicted octanol–water partition coefficient (Wildman–Crippen LogP) is 34.8. The predicted molar refractivity (Wildman–Crippen MR) is 520 cm³/mol. The van der Waals surface area contributed by atoms with Crippen molar-refractivity contribution in [1.82, 2.24) is 0 Å². The number of rotatable bonds is 14. The van der Waals surface area contributed by atoms with Crippen LogP contribution in [0.2, 0.25) is 0 Å². The van der Waals surface area contributed by atoms with Crippen LogP contribution < -0.4 is 9.80 Å². The molecule has 0 aliphatic heterocycles. The number of anilines is 6. The van der Waals surface area contributed by atoms with E-state index in [0.717, 1.165) is 156 Å². The Kier molecular flexibility index (Phi) is 16.2. The molecule has 6 aromatic heterocycles. The standard InChI is InChI=1S/C114H68N2O3S3/c1-6-25-99-94(16-1)109-85(20-12-27-102(109)117-99)72-39-53-80(54-40-72)115(82-57-43-74(44-58-82)87-22-14-32-108-111(87)96-18-4-9-30-106(96)120-108)79-51-37-70(38-52-79)69-33-35-71(36-34-69)77-50-66-101-98(67-77)91-63-49-78(68-104(91)119-101)90-65-64-88(112-97-19-5-10-31-107(97)122-114(90)112)75-45-59-83(60-46-75)116(81-55-41-73(42-56-81)86-21-13-28-103-110(86)95-17-2-7-26-100(95)118-103)84-61-47-76(48-62-84)89-23-11-24-93-92-15-3-8-29-105(92)121-113(89)93/h1-68H. The van der Waals surface area contributed by atoms with Gasteiger partial charge in [-0.05, 0) is 235 Å². The van der Waals surface area contributed by atoms with Crippen LogP contribution in [0, 0.1) is 0 Å². The van der Waals surface area contributed by atoms with E-state index in [4.69, 9.17) is 13.3 Å². The smallest absolute Gasteiger partial charge is 0.136 e. The van der Waals surface area contributed by atoms with E-state index in [1.54, 1.807) is 0 Å². The van der Waals surface area contributed by atoms with Gasteiger partial charge < -0.3 is 23.1 Å². The molecule has 0 aliphatic carbocycles. The van der Waals surface area contributed by atoms with Gasteiger partial charge in [-0.1, -0.05) is 267 Å². The van der Waals surface area contributed by atoms with E-state index in [1.165, 1.54) is 93.9 Å². The van der Waals surface area contributed by atoms with Crippen LogP contribution in [0.25, 0.3) is 215 Å². The van der Waals surface area contributed by atoms with E-state index in [2.05, 4.69) is 404 Å². The van der Waals surface area contributed by atoms with E-state index in [1.807, 2.05) is 52.2 Å². The van der Waals surface area contributed by atoms with Gasteiger partial charge in [0.2, 0.25) is 0 Å². The molecule has 0 spiro atoms. The number of hydrogen-bond acceptors (Lipinski definition) is 8. The highest BCUT2D eigenvalue weighted by molar-refractivity contribution is 7.27. The average molecular weight is 1610 g/mol. The van der Waals surface area contributed by atoms with Gasteiger partial charge in [0.15, 0.2) is 0 Å². The molecule has 122 heavy (non-hydrogen) atoms. The molecule has 25 aromatic rings. The summed E-state index contributed by atoms with van der Waals surface area (Å²) in [5.41, 5.74) is 30.2. The highest BCUT2D eigenvalue weighted by atomic mass is 32.1. The molecule has 8 heteroatoms. The first-order valence-electron chi connectivity index (χ1n) is 41.3. The molecule has 0 saturated carbocycles. The van der Waals surface area contributed by atoms with Crippen LogP contribution in [0.4, 0.5) is 34.1 Å². The molecule has 25 rings (SSSR count). The van der Waals surface area contributed by atoms with Gasteiger partial charge in [0.1, 0.15) is 33.5 Å². The Hall–Kier alpha value is -15.2. The zero-order valence-electron chi connectivity index (χ0n) is 65.6. The van der Waals surface area contributed by atoms with E-state index < -0.39 is 0 Å². The second kappa shape index (κ2) is 28.3. The van der Waals surface area contributed by atoms with Crippen molar-refractivity contribution < 1.29 is 13.3 Å². The Morgan fingerprint density at radius 3 is 1.02 bits per heavy atom. The second-order valence-corrected chi connectivity index (χ2v) is 34.8. The first-order chi connectivity index (χ1) is 60.4. The molecule has 0 atom stereocenters. The summed E-state index contributed by atoms with van der Waals surface area (Å²) < 4.78 is 27.2. The molecular weight excluding hydrogens is 1540 g/mol. The van der Waals surface area contributed by atoms with Crippen LogP contribution in [-0.2, 0) is 0 Å². The molecule has 0 N–H and O–H groups in total. The van der Waals surface area contributed by atoms with E-state index >= 15 is 0 Å². The lowest BCUT2D eigenvalue weighted by Crippen LogP contribution is -2.09. The molecule has 0 unspecified atom stereocenters. The minimum absolute atomic E-state index is 0.860. The molecular formula is C114H68N2O3S3. The van der Waals surface area contributed by atoms with Crippen molar-refractivity contribution in [3.63, 3.8) is 0 Å². The number of fused-ring (bicyclic) bond motifs is 18. The fourth-order valence-electron chi connectivity index (χ4n) is 18.9. The van der Waals surface area contributed by atoms with Crippen molar-refractivity contribution in [2.45, 2.75) is 0 Å². The number of nitrogens with zero attached hydrogens (tertiary/aromatic N) is 2. The minimum Gasteiger partial charge on any atom is -0.456 e. The molecule has 6 heterocycles. The Balaban J connectivity index is 0.511. The number of para-hydroxylation sites is 2. The SMILES string of the molecule is c1ccc2c(c1)oc1cccc(-c3ccc(N(c4ccc(-c5ccc(-c6ccc7oc8cc(-c9ccc(-c%10ccc(N(c%11ccc(-c%12cccc%13c%12sc%12ccccc%12%13)cc%11)c%11ccc(-c%12cccc%13oc%14ccccc%14c%12%13)cc%11)cc%10)c%10c9sc9ccccc9%10)ccc8c7c6)cc5)cc4)c4ccc(-c5cccc6sc7ccccc7c56)cc4)cc3)c12. The largest absolute Gasteiger partial charge is 0.456 e. The number of benzene rings is 19. The summed E-state index contributed by atoms with van der Waals surface area (Å²) in [5, 5.41) is 14.4. The monoisotopic (exact) mass is 1610 g/mol. The maximum atomic E-state index is 6.81.